The van der Waals surface area contributed by atoms with E-state index in [-0.39, 0.29) is 23.5 Å². The Morgan fingerprint density at radius 1 is 1.19 bits per heavy atom. The molecule has 0 saturated heterocycles. The van der Waals surface area contributed by atoms with Gasteiger partial charge in [0, 0.05) is 23.6 Å². The van der Waals surface area contributed by atoms with Crippen molar-refractivity contribution in [2.24, 2.45) is 11.8 Å². The molecule has 0 amide bonds. The fraction of sp³-hybridized carbons (Fsp3) is 0.714. The standard InChI is InChI=1S/C21H31NO4/c1-12-15(23)8-9-21(26)17(22(3)11-13-4-5-13)10-14-6-7-16(24)19(25)18(14)20(12,21)2/h6-7,12-13,15,17,23-26H,4-5,8-11H2,1-3H3/t12-,15+,17+,20?,21+/m0/s1. The van der Waals surface area contributed by atoms with Crippen LogP contribution in [0.3, 0.4) is 0 Å². The first-order valence-corrected chi connectivity index (χ1v) is 9.85. The summed E-state index contributed by atoms with van der Waals surface area (Å²) in [4.78, 5) is 2.28. The molecule has 0 aromatic heterocycles. The predicted molar refractivity (Wildman–Crippen MR) is 99.3 cm³/mol. The Morgan fingerprint density at radius 2 is 1.88 bits per heavy atom. The maximum absolute atomic E-state index is 12.0. The van der Waals surface area contributed by atoms with Gasteiger partial charge in [-0.25, -0.2) is 0 Å². The van der Waals surface area contributed by atoms with Gasteiger partial charge >= 0.3 is 0 Å². The maximum Gasteiger partial charge on any atom is 0.161 e. The highest BCUT2D eigenvalue weighted by molar-refractivity contribution is 5.57. The Labute approximate surface area is 155 Å². The largest absolute Gasteiger partial charge is 0.504 e. The van der Waals surface area contributed by atoms with E-state index in [1.807, 2.05) is 19.9 Å². The summed E-state index contributed by atoms with van der Waals surface area (Å²) in [6.07, 6.45) is 3.66. The quantitative estimate of drug-likeness (QED) is 0.620. The number of aliphatic hydroxyl groups excluding tert-OH is 1. The summed E-state index contributed by atoms with van der Waals surface area (Å²) in [6.45, 7) is 4.87. The van der Waals surface area contributed by atoms with E-state index in [9.17, 15) is 20.4 Å². The van der Waals surface area contributed by atoms with Crippen molar-refractivity contribution in [2.75, 3.05) is 13.6 Å². The third kappa shape index (κ3) is 2.33. The molecule has 26 heavy (non-hydrogen) atoms. The third-order valence-electron chi connectivity index (χ3n) is 7.71. The van der Waals surface area contributed by atoms with Gasteiger partial charge in [-0.15, -0.1) is 0 Å². The molecule has 5 nitrogen and oxygen atoms in total. The predicted octanol–water partition coefficient (Wildman–Crippen LogP) is 2.14. The SMILES string of the molecule is C[C@H]1[C@H](O)CC[C@@]2(O)[C@H](N(C)CC3CC3)Cc3ccc(O)c(O)c3C12C. The first-order valence-electron chi connectivity index (χ1n) is 9.85. The molecule has 5 atom stereocenters. The minimum atomic E-state index is -1.06. The van der Waals surface area contributed by atoms with E-state index in [4.69, 9.17) is 0 Å². The molecule has 3 aliphatic rings. The Balaban J connectivity index is 1.88. The van der Waals surface area contributed by atoms with Crippen molar-refractivity contribution in [1.82, 2.24) is 4.90 Å². The summed E-state index contributed by atoms with van der Waals surface area (Å²) in [5, 5.41) is 43.4. The minimum absolute atomic E-state index is 0.0699. The lowest BCUT2D eigenvalue weighted by atomic mass is 9.49. The van der Waals surface area contributed by atoms with E-state index in [1.165, 1.54) is 18.9 Å². The highest BCUT2D eigenvalue weighted by atomic mass is 16.3. The van der Waals surface area contributed by atoms with E-state index in [2.05, 4.69) is 11.9 Å². The van der Waals surface area contributed by atoms with Gasteiger partial charge in [0.2, 0.25) is 0 Å². The van der Waals surface area contributed by atoms with E-state index >= 15 is 0 Å². The van der Waals surface area contributed by atoms with Gasteiger partial charge in [0.1, 0.15) is 0 Å². The zero-order valence-corrected chi connectivity index (χ0v) is 15.9. The normalized spacial score (nSPS) is 39.5. The molecule has 2 saturated carbocycles. The summed E-state index contributed by atoms with van der Waals surface area (Å²) in [5.74, 6) is 0.179. The van der Waals surface area contributed by atoms with Crippen molar-refractivity contribution in [3.8, 4) is 11.5 Å². The van der Waals surface area contributed by atoms with Gasteiger partial charge in [0.15, 0.2) is 11.5 Å². The molecule has 0 heterocycles. The molecule has 1 aromatic carbocycles. The fourth-order valence-electron chi connectivity index (χ4n) is 5.72. The number of hydrogen-bond acceptors (Lipinski definition) is 5. The average Bonchev–Trinajstić information content (AvgIpc) is 3.41. The van der Waals surface area contributed by atoms with Crippen molar-refractivity contribution in [3.63, 3.8) is 0 Å². The second-order valence-electron chi connectivity index (χ2n) is 9.09. The number of benzene rings is 1. The van der Waals surface area contributed by atoms with Gasteiger partial charge < -0.3 is 20.4 Å². The number of nitrogens with zero attached hydrogens (tertiary/aromatic N) is 1. The number of aromatic hydroxyl groups is 2. The fourth-order valence-corrected chi connectivity index (χ4v) is 5.72. The lowest BCUT2D eigenvalue weighted by Gasteiger charge is -2.61. The lowest BCUT2D eigenvalue weighted by molar-refractivity contribution is -0.169. The number of fused-ring (bicyclic) bond motifs is 3. The molecule has 5 heteroatoms. The molecule has 3 aliphatic carbocycles. The van der Waals surface area contributed by atoms with Crippen LogP contribution in [-0.4, -0.2) is 56.7 Å². The van der Waals surface area contributed by atoms with Crippen LogP contribution in [0.4, 0.5) is 0 Å². The van der Waals surface area contributed by atoms with Crippen molar-refractivity contribution >= 4 is 0 Å². The van der Waals surface area contributed by atoms with Crippen molar-refractivity contribution in [2.45, 2.75) is 69.1 Å². The van der Waals surface area contributed by atoms with Gasteiger partial charge in [0.25, 0.3) is 0 Å². The smallest absolute Gasteiger partial charge is 0.161 e. The molecule has 0 radical (unpaired) electrons. The molecule has 144 valence electrons. The molecule has 0 aliphatic heterocycles. The van der Waals surface area contributed by atoms with Crippen molar-refractivity contribution in [3.05, 3.63) is 23.3 Å². The second kappa shape index (κ2) is 5.85. The molecular formula is C21H31NO4. The maximum atomic E-state index is 12.0. The van der Waals surface area contributed by atoms with Crippen molar-refractivity contribution in [1.29, 1.82) is 0 Å². The van der Waals surface area contributed by atoms with Gasteiger partial charge in [-0.1, -0.05) is 19.9 Å². The molecular weight excluding hydrogens is 330 g/mol. The van der Waals surface area contributed by atoms with E-state index in [0.717, 1.165) is 18.0 Å². The number of likely N-dealkylation sites (N-methyl/N-ethyl adjacent to an activating group) is 1. The van der Waals surface area contributed by atoms with Crippen molar-refractivity contribution < 1.29 is 20.4 Å². The van der Waals surface area contributed by atoms with Crippen LogP contribution in [-0.2, 0) is 11.8 Å². The first-order chi connectivity index (χ1) is 12.2. The zero-order chi connectivity index (χ0) is 18.9. The second-order valence-corrected chi connectivity index (χ2v) is 9.09. The van der Waals surface area contributed by atoms with Crippen LogP contribution in [0, 0.1) is 11.8 Å². The Hall–Kier alpha value is -1.30. The Morgan fingerprint density at radius 3 is 2.54 bits per heavy atom. The minimum Gasteiger partial charge on any atom is -0.504 e. The number of rotatable bonds is 3. The van der Waals surface area contributed by atoms with Crippen LogP contribution < -0.4 is 0 Å². The number of phenolic OH excluding ortho intramolecular Hbond substituents is 2. The number of hydrogen-bond donors (Lipinski definition) is 4. The summed E-state index contributed by atoms with van der Waals surface area (Å²) in [7, 11) is 2.09. The van der Waals surface area contributed by atoms with Gasteiger partial charge in [-0.05, 0) is 62.6 Å². The summed E-state index contributed by atoms with van der Waals surface area (Å²) < 4.78 is 0. The summed E-state index contributed by atoms with van der Waals surface area (Å²) in [6, 6.07) is 3.32. The highest BCUT2D eigenvalue weighted by Crippen LogP contribution is 2.59. The van der Waals surface area contributed by atoms with E-state index in [0.29, 0.717) is 24.8 Å². The molecule has 2 fully saturated rings. The lowest BCUT2D eigenvalue weighted by Crippen LogP contribution is -2.71. The van der Waals surface area contributed by atoms with E-state index in [1.54, 1.807) is 0 Å². The van der Waals surface area contributed by atoms with Gasteiger partial charge in [0.05, 0.1) is 11.7 Å². The topological polar surface area (TPSA) is 84.2 Å². The van der Waals surface area contributed by atoms with Gasteiger partial charge in [-0.3, -0.25) is 4.90 Å². The van der Waals surface area contributed by atoms with Crippen LogP contribution in [0.1, 0.15) is 50.7 Å². The molecule has 0 spiro atoms. The number of aliphatic hydroxyl groups is 2. The van der Waals surface area contributed by atoms with Crippen LogP contribution in [0.2, 0.25) is 0 Å². The molecule has 4 rings (SSSR count). The molecule has 1 unspecified atom stereocenters. The van der Waals surface area contributed by atoms with Crippen LogP contribution in [0.25, 0.3) is 0 Å². The first kappa shape index (κ1) is 18.1. The Kier molecular flexibility index (Phi) is 4.07. The van der Waals surface area contributed by atoms with Gasteiger partial charge in [-0.2, -0.15) is 0 Å². The highest BCUT2D eigenvalue weighted by Gasteiger charge is 2.63. The molecule has 4 N–H and O–H groups in total. The van der Waals surface area contributed by atoms with Crippen LogP contribution >= 0.6 is 0 Å². The summed E-state index contributed by atoms with van der Waals surface area (Å²) >= 11 is 0. The summed E-state index contributed by atoms with van der Waals surface area (Å²) in [5.41, 5.74) is -0.319. The Bertz CT molecular complexity index is 718. The third-order valence-corrected chi connectivity index (χ3v) is 7.71. The number of phenols is 2. The van der Waals surface area contributed by atoms with Crippen LogP contribution in [0.5, 0.6) is 11.5 Å². The zero-order valence-electron chi connectivity index (χ0n) is 15.9. The molecule has 0 bridgehead atoms. The monoisotopic (exact) mass is 361 g/mol. The van der Waals surface area contributed by atoms with E-state index < -0.39 is 17.1 Å². The molecule has 1 aromatic rings. The average molecular weight is 361 g/mol. The van der Waals surface area contributed by atoms with Crippen LogP contribution in [0.15, 0.2) is 12.1 Å².